The van der Waals surface area contributed by atoms with Gasteiger partial charge in [0.15, 0.2) is 0 Å². The van der Waals surface area contributed by atoms with Crippen LogP contribution in [-0.4, -0.2) is 22.8 Å². The molecule has 0 saturated heterocycles. The Kier molecular flexibility index (Phi) is 4.52. The predicted octanol–water partition coefficient (Wildman–Crippen LogP) is 6.70. The zero-order valence-corrected chi connectivity index (χ0v) is 20.1. The Labute approximate surface area is 190 Å². The Morgan fingerprint density at radius 3 is 1.78 bits per heavy atom. The van der Waals surface area contributed by atoms with Gasteiger partial charge in [-0.3, -0.25) is 0 Å². The fraction of sp³-hybridized carbons (Fsp3) is 0.286. The van der Waals surface area contributed by atoms with Gasteiger partial charge in [-0.1, -0.05) is 0 Å². The summed E-state index contributed by atoms with van der Waals surface area (Å²) in [5.41, 5.74) is 17.3. The number of rotatable bonds is 0. The standard InChI is InChI=1S/C28H28N4/c1-13-15(3)25-19(7)27-17(5)18(6)28(32-27)20(8)26-16(4)14(2)24(31-26)12-22-10-9-21(29-22)11-23(13)30-25/h9-12H,1-8H3. The first kappa shape index (κ1) is 20.5. The average Bonchev–Trinajstić information content (AvgIpc) is 3.48. The molecule has 0 unspecified atom stereocenters. The maximum Gasteiger partial charge on any atom is 0.0720 e. The molecule has 8 bridgehead atoms. The highest BCUT2D eigenvalue weighted by atomic mass is 14.9. The molecule has 5 rings (SSSR count). The minimum Gasteiger partial charge on any atom is -0.249 e. The zero-order chi connectivity index (χ0) is 22.9. The van der Waals surface area contributed by atoms with E-state index in [4.69, 9.17) is 20.0 Å². The third-order valence-corrected chi connectivity index (χ3v) is 7.24. The van der Waals surface area contributed by atoms with E-state index in [2.05, 4.69) is 67.5 Å². The second-order valence-corrected chi connectivity index (χ2v) is 9.08. The molecule has 0 N–H and O–H groups in total. The molecule has 0 saturated carbocycles. The molecule has 5 heterocycles. The maximum absolute atomic E-state index is 5.13. The summed E-state index contributed by atoms with van der Waals surface area (Å²) in [6, 6.07) is 0. The van der Waals surface area contributed by atoms with Crippen molar-refractivity contribution in [2.45, 2.75) is 55.4 Å². The molecule has 0 aromatic carbocycles. The van der Waals surface area contributed by atoms with Crippen molar-refractivity contribution in [2.75, 3.05) is 0 Å². The van der Waals surface area contributed by atoms with E-state index in [0.29, 0.717) is 0 Å². The molecule has 4 heteroatoms. The van der Waals surface area contributed by atoms with Crippen LogP contribution in [0.15, 0.2) is 112 Å². The summed E-state index contributed by atoms with van der Waals surface area (Å²) in [4.78, 5) is 20.0. The zero-order valence-electron chi connectivity index (χ0n) is 20.1. The maximum atomic E-state index is 5.13. The summed E-state index contributed by atoms with van der Waals surface area (Å²) in [7, 11) is 0. The molecule has 0 fully saturated rings. The fourth-order valence-electron chi connectivity index (χ4n) is 4.75. The first-order valence-electron chi connectivity index (χ1n) is 11.1. The van der Waals surface area contributed by atoms with E-state index in [0.717, 1.165) is 56.8 Å². The fourth-order valence-corrected chi connectivity index (χ4v) is 4.75. The number of nitrogens with zero attached hydrogens (tertiary/aromatic N) is 4. The van der Waals surface area contributed by atoms with Gasteiger partial charge >= 0.3 is 0 Å². The number of aliphatic imine (C=N–C) groups is 4. The van der Waals surface area contributed by atoms with E-state index in [9.17, 15) is 0 Å². The van der Waals surface area contributed by atoms with Crippen molar-refractivity contribution in [3.8, 4) is 0 Å². The molecular weight excluding hydrogens is 392 g/mol. The van der Waals surface area contributed by atoms with Crippen molar-refractivity contribution < 1.29 is 0 Å². The molecule has 0 aromatic heterocycles. The van der Waals surface area contributed by atoms with Gasteiger partial charge in [0.25, 0.3) is 0 Å². The van der Waals surface area contributed by atoms with Crippen LogP contribution in [0.25, 0.3) is 0 Å². The summed E-state index contributed by atoms with van der Waals surface area (Å²) in [5.74, 6) is 0. The summed E-state index contributed by atoms with van der Waals surface area (Å²) < 4.78 is 0. The van der Waals surface area contributed by atoms with Gasteiger partial charge in [-0.05, 0) is 113 Å². The van der Waals surface area contributed by atoms with Crippen LogP contribution in [0.1, 0.15) is 55.4 Å². The summed E-state index contributed by atoms with van der Waals surface area (Å²) in [6.45, 7) is 17.2. The molecule has 5 aliphatic heterocycles. The molecule has 32 heavy (non-hydrogen) atoms. The topological polar surface area (TPSA) is 49.4 Å². The van der Waals surface area contributed by atoms with E-state index in [1.165, 1.54) is 33.4 Å². The van der Waals surface area contributed by atoms with Crippen LogP contribution >= 0.6 is 0 Å². The van der Waals surface area contributed by atoms with E-state index in [1.807, 2.05) is 12.2 Å². The number of fused-ring (bicyclic) bond motifs is 4. The molecule has 0 spiro atoms. The van der Waals surface area contributed by atoms with Crippen LogP contribution in [0, 0.1) is 0 Å². The van der Waals surface area contributed by atoms with E-state index >= 15 is 0 Å². The Morgan fingerprint density at radius 1 is 0.469 bits per heavy atom. The van der Waals surface area contributed by atoms with Crippen molar-refractivity contribution in [1.82, 2.24) is 0 Å². The SMILES string of the molecule is CC1=C(C)C2=NC1=CC1=NC(=CC3=NC(=C(C)C4=NC(=C2C)C(C)=C4C)C(C)=C3C)C=C1. The van der Waals surface area contributed by atoms with Gasteiger partial charge in [0.05, 0.1) is 45.6 Å². The lowest BCUT2D eigenvalue weighted by molar-refractivity contribution is 1.25. The molecule has 5 aliphatic rings. The second-order valence-electron chi connectivity index (χ2n) is 9.08. The number of allylic oxidation sites excluding steroid dienone is 12. The van der Waals surface area contributed by atoms with Crippen molar-refractivity contribution in [2.24, 2.45) is 20.0 Å². The molecule has 0 aromatic rings. The van der Waals surface area contributed by atoms with Crippen molar-refractivity contribution in [1.29, 1.82) is 0 Å². The highest BCUT2D eigenvalue weighted by molar-refractivity contribution is 6.21. The third-order valence-electron chi connectivity index (χ3n) is 7.24. The van der Waals surface area contributed by atoms with Crippen molar-refractivity contribution in [3.63, 3.8) is 0 Å². The molecule has 160 valence electrons. The van der Waals surface area contributed by atoms with Crippen LogP contribution < -0.4 is 0 Å². The van der Waals surface area contributed by atoms with Crippen LogP contribution in [0.4, 0.5) is 0 Å². The van der Waals surface area contributed by atoms with Crippen molar-refractivity contribution >= 4 is 22.8 Å². The number of hydrogen-bond donors (Lipinski definition) is 0. The molecule has 0 atom stereocenters. The first-order chi connectivity index (χ1) is 15.2. The van der Waals surface area contributed by atoms with E-state index in [-0.39, 0.29) is 0 Å². The minimum absolute atomic E-state index is 0.915. The van der Waals surface area contributed by atoms with Crippen LogP contribution in [0.3, 0.4) is 0 Å². The molecule has 0 aliphatic carbocycles. The van der Waals surface area contributed by atoms with Crippen LogP contribution in [0.2, 0.25) is 0 Å². The number of hydrogen-bond acceptors (Lipinski definition) is 4. The second kappa shape index (κ2) is 7.06. The van der Waals surface area contributed by atoms with Gasteiger partial charge in [0.2, 0.25) is 0 Å². The Morgan fingerprint density at radius 2 is 1.06 bits per heavy atom. The molecule has 0 amide bonds. The lowest BCUT2D eigenvalue weighted by Crippen LogP contribution is -2.03. The Hall–Kier alpha value is -3.40. The lowest BCUT2D eigenvalue weighted by atomic mass is 9.96. The third kappa shape index (κ3) is 2.89. The van der Waals surface area contributed by atoms with Gasteiger partial charge in [0.1, 0.15) is 0 Å². The largest absolute Gasteiger partial charge is 0.249 e. The molecule has 4 nitrogen and oxygen atoms in total. The minimum atomic E-state index is 0.915. The predicted molar refractivity (Wildman–Crippen MR) is 136 cm³/mol. The van der Waals surface area contributed by atoms with Gasteiger partial charge in [-0.25, -0.2) is 20.0 Å². The Bertz CT molecular complexity index is 1400. The van der Waals surface area contributed by atoms with Crippen molar-refractivity contribution in [3.05, 3.63) is 91.7 Å². The summed E-state index contributed by atoms with van der Waals surface area (Å²) in [6.07, 6.45) is 8.24. The first-order valence-corrected chi connectivity index (χ1v) is 11.1. The van der Waals surface area contributed by atoms with Gasteiger partial charge in [0, 0.05) is 11.1 Å². The Balaban J connectivity index is 1.83. The normalized spacial score (nSPS) is 22.8. The highest BCUT2D eigenvalue weighted by Gasteiger charge is 2.28. The van der Waals surface area contributed by atoms with Gasteiger partial charge in [-0.2, -0.15) is 0 Å². The summed E-state index contributed by atoms with van der Waals surface area (Å²) in [5, 5.41) is 0. The van der Waals surface area contributed by atoms with E-state index in [1.54, 1.807) is 0 Å². The average molecular weight is 421 g/mol. The summed E-state index contributed by atoms with van der Waals surface area (Å²) >= 11 is 0. The molecular formula is C28H28N4. The molecule has 0 radical (unpaired) electrons. The smallest absolute Gasteiger partial charge is 0.0720 e. The van der Waals surface area contributed by atoms with Gasteiger partial charge in [-0.15, -0.1) is 0 Å². The van der Waals surface area contributed by atoms with E-state index < -0.39 is 0 Å². The van der Waals surface area contributed by atoms with Gasteiger partial charge < -0.3 is 0 Å². The monoisotopic (exact) mass is 420 g/mol. The van der Waals surface area contributed by atoms with Crippen LogP contribution in [0.5, 0.6) is 0 Å². The quantitative estimate of drug-likeness (QED) is 0.419. The lowest BCUT2D eigenvalue weighted by Gasteiger charge is -2.07. The van der Waals surface area contributed by atoms with Crippen LogP contribution in [-0.2, 0) is 0 Å². The highest BCUT2D eigenvalue weighted by Crippen LogP contribution is 2.37.